The predicted molar refractivity (Wildman–Crippen MR) is 139 cm³/mol. The Balaban J connectivity index is 1.68. The lowest BCUT2D eigenvalue weighted by Crippen LogP contribution is -2.43. The highest BCUT2D eigenvalue weighted by molar-refractivity contribution is 7.80. The lowest BCUT2D eigenvalue weighted by molar-refractivity contribution is -0.0176. The third kappa shape index (κ3) is 4.53. The monoisotopic (exact) mass is 510 g/mol. The first-order valence-corrected chi connectivity index (χ1v) is 12.1. The molecule has 0 unspecified atom stereocenters. The molecule has 5 rings (SSSR count). The van der Waals surface area contributed by atoms with Crippen molar-refractivity contribution in [3.63, 3.8) is 0 Å². The Labute approximate surface area is 212 Å². The first-order valence-electron chi connectivity index (χ1n) is 11.2. The number of hydrogen-bond donors (Lipinski definition) is 1. The number of aromatic nitrogens is 3. The van der Waals surface area contributed by atoms with Crippen LogP contribution in [0.4, 0.5) is 10.2 Å². The van der Waals surface area contributed by atoms with Crippen LogP contribution in [0, 0.1) is 12.7 Å². The fourth-order valence-corrected chi connectivity index (χ4v) is 4.86. The zero-order chi connectivity index (χ0) is 24.9. The van der Waals surface area contributed by atoms with E-state index in [2.05, 4.69) is 22.5 Å². The molecule has 0 N–H and O–H groups in total. The number of morpholine rings is 1. The molecular formula is C26H24ClFN4O2S. The molecule has 0 bridgehead atoms. The third-order valence-electron chi connectivity index (χ3n) is 6.28. The van der Waals surface area contributed by atoms with E-state index in [9.17, 15) is 4.79 Å². The van der Waals surface area contributed by atoms with E-state index < -0.39 is 5.82 Å². The van der Waals surface area contributed by atoms with Gasteiger partial charge in [-0.3, -0.25) is 9.36 Å². The molecule has 3 heterocycles. The highest BCUT2D eigenvalue weighted by atomic mass is 35.5. The fourth-order valence-electron chi connectivity index (χ4n) is 4.47. The van der Waals surface area contributed by atoms with Crippen LogP contribution < -0.4 is 10.5 Å². The summed E-state index contributed by atoms with van der Waals surface area (Å²) >= 11 is 10.4. The predicted octanol–water partition coefficient (Wildman–Crippen LogP) is 5.35. The highest BCUT2D eigenvalue weighted by Crippen LogP contribution is 2.34. The van der Waals surface area contributed by atoms with Crippen LogP contribution in [0.1, 0.15) is 24.4 Å². The maximum absolute atomic E-state index is 15.0. The number of benzene rings is 2. The van der Waals surface area contributed by atoms with Crippen molar-refractivity contribution in [3.05, 3.63) is 81.1 Å². The van der Waals surface area contributed by atoms with Gasteiger partial charge in [-0.25, -0.2) is 14.4 Å². The van der Waals surface area contributed by atoms with Gasteiger partial charge in [-0.15, -0.1) is 12.6 Å². The normalized spacial score (nSPS) is 18.3. The van der Waals surface area contributed by atoms with Crippen molar-refractivity contribution in [1.29, 1.82) is 0 Å². The summed E-state index contributed by atoms with van der Waals surface area (Å²) in [4.78, 5) is 25.6. The molecule has 4 aromatic rings. The van der Waals surface area contributed by atoms with Crippen molar-refractivity contribution in [2.24, 2.45) is 7.05 Å². The number of fused-ring (bicyclic) bond motifs is 1. The summed E-state index contributed by atoms with van der Waals surface area (Å²) in [6, 6.07) is 14.0. The number of pyridine rings is 1. The van der Waals surface area contributed by atoms with Gasteiger partial charge in [0.05, 0.1) is 22.7 Å². The molecule has 0 aliphatic carbocycles. The summed E-state index contributed by atoms with van der Waals surface area (Å²) in [7, 11) is 1.64. The topological polar surface area (TPSA) is 60.2 Å². The number of aryl methyl sites for hydroxylation is 1. The Kier molecular flexibility index (Phi) is 6.29. The summed E-state index contributed by atoms with van der Waals surface area (Å²) in [5, 5.41) is 0.536. The molecule has 9 heteroatoms. The van der Waals surface area contributed by atoms with Crippen molar-refractivity contribution in [2.75, 3.05) is 18.0 Å². The van der Waals surface area contributed by atoms with Crippen LogP contribution in [0.3, 0.4) is 0 Å². The van der Waals surface area contributed by atoms with Gasteiger partial charge in [0, 0.05) is 41.7 Å². The molecule has 35 heavy (non-hydrogen) atoms. The van der Waals surface area contributed by atoms with E-state index in [1.807, 2.05) is 31.2 Å². The Bertz CT molecular complexity index is 1510. The van der Waals surface area contributed by atoms with Crippen LogP contribution in [0.25, 0.3) is 22.2 Å². The molecule has 180 valence electrons. The first kappa shape index (κ1) is 23.8. The molecule has 2 aromatic carbocycles. The lowest BCUT2D eigenvalue weighted by Gasteiger charge is -2.38. The van der Waals surface area contributed by atoms with Crippen LogP contribution in [0.5, 0.6) is 0 Å². The minimum atomic E-state index is -0.551. The van der Waals surface area contributed by atoms with Gasteiger partial charge < -0.3 is 9.64 Å². The Morgan fingerprint density at radius 2 is 1.94 bits per heavy atom. The third-order valence-corrected chi connectivity index (χ3v) is 6.80. The maximum atomic E-state index is 15.0. The number of nitrogens with zero attached hydrogens (tertiary/aromatic N) is 4. The van der Waals surface area contributed by atoms with Crippen molar-refractivity contribution in [1.82, 2.24) is 14.5 Å². The molecule has 1 fully saturated rings. The van der Waals surface area contributed by atoms with Crippen LogP contribution in [-0.2, 0) is 11.8 Å². The first-order chi connectivity index (χ1) is 16.7. The minimum Gasteiger partial charge on any atom is -0.367 e. The van der Waals surface area contributed by atoms with E-state index in [0.29, 0.717) is 30.2 Å². The molecule has 0 spiro atoms. The van der Waals surface area contributed by atoms with Crippen LogP contribution in [0.15, 0.2) is 58.2 Å². The fraction of sp³-hybridized carbons (Fsp3) is 0.269. The average molecular weight is 511 g/mol. The minimum absolute atomic E-state index is 0.0797. The second kappa shape index (κ2) is 9.26. The molecular weight excluding hydrogens is 487 g/mol. The standard InChI is InChI=1S/C26H24ClFN4O2S/c1-14-12-32(13-22(34-14)16-5-4-6-18(35)9-16)23-11-21-24(26(33)31(3)15(2)29-21)25(30-23)19-8-7-17(27)10-20(19)28/h4-11,14,22,35H,12-13H2,1-3H3/t14-,22+/m0/s1. The van der Waals surface area contributed by atoms with Crippen LogP contribution in [-0.4, -0.2) is 33.7 Å². The van der Waals surface area contributed by atoms with Crippen molar-refractivity contribution < 1.29 is 9.13 Å². The van der Waals surface area contributed by atoms with Gasteiger partial charge >= 0.3 is 0 Å². The van der Waals surface area contributed by atoms with Crippen LogP contribution in [0.2, 0.25) is 5.02 Å². The Morgan fingerprint density at radius 1 is 1.14 bits per heavy atom. The number of anilines is 1. The molecule has 1 aliphatic rings. The Morgan fingerprint density at radius 3 is 2.69 bits per heavy atom. The SMILES string of the molecule is Cc1nc2cc(N3C[C@H](C)O[C@@H](c4cccc(S)c4)C3)nc(-c3ccc(Cl)cc3F)c2c(=O)n1C. The van der Waals surface area contributed by atoms with Gasteiger partial charge in [0.25, 0.3) is 5.56 Å². The van der Waals surface area contributed by atoms with Crippen molar-refractivity contribution in [3.8, 4) is 11.3 Å². The van der Waals surface area contributed by atoms with Gasteiger partial charge in [0.15, 0.2) is 0 Å². The van der Waals surface area contributed by atoms with E-state index in [4.69, 9.17) is 21.3 Å². The number of thiol groups is 1. The van der Waals surface area contributed by atoms with E-state index >= 15 is 4.39 Å². The summed E-state index contributed by atoms with van der Waals surface area (Å²) in [5.41, 5.74) is 1.64. The molecule has 1 saturated heterocycles. The van der Waals surface area contributed by atoms with Crippen LogP contribution >= 0.6 is 24.2 Å². The molecule has 0 saturated carbocycles. The van der Waals surface area contributed by atoms with Gasteiger partial charge in [0.1, 0.15) is 23.6 Å². The highest BCUT2D eigenvalue weighted by Gasteiger charge is 2.29. The number of halogens is 2. The molecule has 0 amide bonds. The zero-order valence-corrected chi connectivity index (χ0v) is 21.1. The van der Waals surface area contributed by atoms with Gasteiger partial charge in [-0.1, -0.05) is 23.7 Å². The summed E-state index contributed by atoms with van der Waals surface area (Å²) in [6.07, 6.45) is -0.277. The second-order valence-electron chi connectivity index (χ2n) is 8.81. The summed E-state index contributed by atoms with van der Waals surface area (Å²) < 4.78 is 22.7. The van der Waals surface area contributed by atoms with Gasteiger partial charge in [-0.2, -0.15) is 0 Å². The molecule has 1 aliphatic heterocycles. The largest absolute Gasteiger partial charge is 0.367 e. The van der Waals surface area contributed by atoms with Crippen molar-refractivity contribution >= 4 is 41.0 Å². The maximum Gasteiger partial charge on any atom is 0.263 e. The lowest BCUT2D eigenvalue weighted by atomic mass is 10.0. The number of rotatable bonds is 3. The smallest absolute Gasteiger partial charge is 0.263 e. The summed E-state index contributed by atoms with van der Waals surface area (Å²) in [5.74, 6) is 0.607. The van der Waals surface area contributed by atoms with Gasteiger partial charge in [-0.05, 0) is 49.7 Å². The molecule has 0 radical (unpaired) electrons. The van der Waals surface area contributed by atoms with Crippen molar-refractivity contribution in [2.45, 2.75) is 31.0 Å². The van der Waals surface area contributed by atoms with E-state index in [0.717, 1.165) is 10.5 Å². The molecule has 2 atom stereocenters. The van der Waals surface area contributed by atoms with Gasteiger partial charge in [0.2, 0.25) is 0 Å². The number of hydrogen-bond acceptors (Lipinski definition) is 6. The van der Waals surface area contributed by atoms with E-state index in [1.54, 1.807) is 32.2 Å². The quantitative estimate of drug-likeness (QED) is 0.376. The average Bonchev–Trinajstić information content (AvgIpc) is 2.81. The molecule has 6 nitrogen and oxygen atoms in total. The number of ether oxygens (including phenoxy) is 1. The second-order valence-corrected chi connectivity index (χ2v) is 9.76. The zero-order valence-electron chi connectivity index (χ0n) is 19.5. The molecule has 2 aromatic heterocycles. The van der Waals surface area contributed by atoms with E-state index in [1.165, 1.54) is 10.6 Å². The summed E-state index contributed by atoms with van der Waals surface area (Å²) in [6.45, 7) is 4.89. The van der Waals surface area contributed by atoms with E-state index in [-0.39, 0.29) is 39.4 Å². The Hall–Kier alpha value is -2.94.